The number of carbonyl (C=O) groups is 3. The van der Waals surface area contributed by atoms with Crippen molar-refractivity contribution in [2.24, 2.45) is 5.92 Å². The summed E-state index contributed by atoms with van der Waals surface area (Å²) >= 11 is 0. The number of nitrogens with zero attached hydrogens (tertiary/aromatic N) is 3. The Morgan fingerprint density at radius 3 is 2.54 bits per heavy atom. The Morgan fingerprint density at radius 2 is 2.04 bits per heavy atom. The second-order valence-corrected chi connectivity index (χ2v) is 7.39. The van der Waals surface area contributed by atoms with Crippen molar-refractivity contribution in [3.05, 3.63) is 39.9 Å². The molecule has 28 heavy (non-hydrogen) atoms. The van der Waals surface area contributed by atoms with E-state index < -0.39 is 40.4 Å². The predicted octanol–water partition coefficient (Wildman–Crippen LogP) is 1.17. The van der Waals surface area contributed by atoms with Gasteiger partial charge in [0.05, 0.1) is 11.0 Å². The molecule has 10 heteroatoms. The molecule has 1 aliphatic heterocycles. The molecule has 2 atom stereocenters. The molecular formula is C18H19N5O5. The van der Waals surface area contributed by atoms with E-state index in [0.29, 0.717) is 5.56 Å². The lowest BCUT2D eigenvalue weighted by molar-refractivity contribution is -0.384. The van der Waals surface area contributed by atoms with Gasteiger partial charge in [0.25, 0.3) is 11.6 Å². The third kappa shape index (κ3) is 3.26. The molecule has 0 spiro atoms. The number of nitro benzene ring substituents is 1. The number of hydrogen-bond donors (Lipinski definition) is 2. The summed E-state index contributed by atoms with van der Waals surface area (Å²) in [6, 6.07) is 6.60. The van der Waals surface area contributed by atoms with Crippen molar-refractivity contribution in [3.8, 4) is 6.07 Å². The van der Waals surface area contributed by atoms with Crippen LogP contribution >= 0.6 is 0 Å². The highest BCUT2D eigenvalue weighted by atomic mass is 16.6. The topological polar surface area (TPSA) is 145 Å². The molecule has 1 heterocycles. The highest BCUT2D eigenvalue weighted by Crippen LogP contribution is 2.39. The molecule has 146 valence electrons. The number of nitro groups is 1. The summed E-state index contributed by atoms with van der Waals surface area (Å²) in [6.45, 7) is 2.57. The van der Waals surface area contributed by atoms with Crippen LogP contribution in [0.15, 0.2) is 24.3 Å². The molecule has 1 saturated heterocycles. The average Bonchev–Trinajstić information content (AvgIpc) is 3.48. The lowest BCUT2D eigenvalue weighted by Crippen LogP contribution is -2.51. The minimum absolute atomic E-state index is 0.0648. The van der Waals surface area contributed by atoms with Gasteiger partial charge in [-0.3, -0.25) is 24.6 Å². The smallest absolute Gasteiger partial charge is 0.325 e. The number of imide groups is 1. The van der Waals surface area contributed by atoms with E-state index in [1.807, 2.05) is 0 Å². The number of urea groups is 1. The van der Waals surface area contributed by atoms with E-state index in [1.165, 1.54) is 31.2 Å². The van der Waals surface area contributed by atoms with E-state index in [1.54, 1.807) is 6.92 Å². The first-order valence-electron chi connectivity index (χ1n) is 8.72. The summed E-state index contributed by atoms with van der Waals surface area (Å²) in [5, 5.41) is 25.3. The largest absolute Gasteiger partial charge is 0.336 e. The summed E-state index contributed by atoms with van der Waals surface area (Å²) < 4.78 is 0. The minimum Gasteiger partial charge on any atom is -0.336 e. The van der Waals surface area contributed by atoms with Gasteiger partial charge in [-0.15, -0.1) is 0 Å². The number of amides is 4. The Balaban J connectivity index is 1.75. The zero-order valence-electron chi connectivity index (χ0n) is 15.4. The van der Waals surface area contributed by atoms with E-state index >= 15 is 0 Å². The highest BCUT2D eigenvalue weighted by molar-refractivity contribution is 6.09. The third-order valence-electron chi connectivity index (χ3n) is 5.26. The molecule has 2 fully saturated rings. The summed E-state index contributed by atoms with van der Waals surface area (Å²) in [6.07, 6.45) is 1.68. The monoisotopic (exact) mass is 385 g/mol. The van der Waals surface area contributed by atoms with E-state index in [-0.39, 0.29) is 11.6 Å². The first-order valence-corrected chi connectivity index (χ1v) is 8.72. The minimum atomic E-state index is -1.44. The van der Waals surface area contributed by atoms with Crippen molar-refractivity contribution in [1.82, 2.24) is 15.5 Å². The van der Waals surface area contributed by atoms with Crippen molar-refractivity contribution in [3.63, 3.8) is 0 Å². The lowest BCUT2D eigenvalue weighted by Gasteiger charge is -2.25. The maximum absolute atomic E-state index is 12.8. The van der Waals surface area contributed by atoms with E-state index in [9.17, 15) is 29.8 Å². The standard InChI is InChI=1S/C18H19N5O5/c1-17(10-19,11-3-4-11)20-14(24)9-22-15(25)18(2,21-16(22)26)12-5-7-13(8-6-12)23(27)28/h5-8,11H,3-4,9H2,1-2H3,(H,20,24)(H,21,26)/t17-,18+/m0/s1. The maximum atomic E-state index is 12.8. The van der Waals surface area contributed by atoms with E-state index in [0.717, 1.165) is 17.7 Å². The summed E-state index contributed by atoms with van der Waals surface area (Å²) in [5.41, 5.74) is -2.25. The molecule has 0 aromatic heterocycles. The normalized spacial score (nSPS) is 23.5. The van der Waals surface area contributed by atoms with Crippen molar-refractivity contribution in [2.45, 2.75) is 37.8 Å². The van der Waals surface area contributed by atoms with Gasteiger partial charge in [0, 0.05) is 12.1 Å². The van der Waals surface area contributed by atoms with Crippen molar-refractivity contribution < 1.29 is 19.3 Å². The van der Waals surface area contributed by atoms with Gasteiger partial charge < -0.3 is 10.6 Å². The van der Waals surface area contributed by atoms with Crippen LogP contribution in [0.4, 0.5) is 10.5 Å². The Morgan fingerprint density at radius 1 is 1.43 bits per heavy atom. The number of nitrogens with one attached hydrogen (secondary N) is 2. The Labute approximate surface area is 160 Å². The zero-order chi connectivity index (χ0) is 20.7. The van der Waals surface area contributed by atoms with E-state index in [2.05, 4.69) is 16.7 Å². The van der Waals surface area contributed by atoms with Crippen molar-refractivity contribution in [2.75, 3.05) is 6.54 Å². The summed E-state index contributed by atoms with van der Waals surface area (Å²) in [7, 11) is 0. The van der Waals surface area contributed by atoms with Crippen LogP contribution in [0, 0.1) is 27.4 Å². The molecule has 0 radical (unpaired) electrons. The summed E-state index contributed by atoms with van der Waals surface area (Å²) in [4.78, 5) is 48.5. The molecule has 4 amide bonds. The fourth-order valence-corrected chi connectivity index (χ4v) is 3.31. The van der Waals surface area contributed by atoms with Crippen LogP contribution in [-0.2, 0) is 15.1 Å². The number of non-ortho nitro benzene ring substituents is 1. The van der Waals surface area contributed by atoms with Crippen LogP contribution in [0.3, 0.4) is 0 Å². The molecule has 1 aliphatic carbocycles. The van der Waals surface area contributed by atoms with Crippen molar-refractivity contribution >= 4 is 23.5 Å². The molecule has 2 N–H and O–H groups in total. The second kappa shape index (κ2) is 6.60. The molecule has 1 saturated carbocycles. The molecule has 2 aliphatic rings. The van der Waals surface area contributed by atoms with Gasteiger partial charge in [0.1, 0.15) is 17.6 Å². The van der Waals surface area contributed by atoms with Gasteiger partial charge >= 0.3 is 6.03 Å². The number of rotatable bonds is 6. The lowest BCUT2D eigenvalue weighted by atomic mass is 9.92. The number of benzene rings is 1. The first kappa shape index (κ1) is 19.3. The number of nitriles is 1. The maximum Gasteiger partial charge on any atom is 0.325 e. The van der Waals surface area contributed by atoms with Crippen LogP contribution < -0.4 is 10.6 Å². The number of carbonyl (C=O) groups excluding carboxylic acids is 3. The van der Waals surface area contributed by atoms with Gasteiger partial charge in [-0.25, -0.2) is 4.79 Å². The molecule has 0 bridgehead atoms. The summed E-state index contributed by atoms with van der Waals surface area (Å²) in [5.74, 6) is -1.19. The van der Waals surface area contributed by atoms with E-state index in [4.69, 9.17) is 0 Å². The van der Waals surface area contributed by atoms with Crippen molar-refractivity contribution in [1.29, 1.82) is 5.26 Å². The Hall–Kier alpha value is -3.48. The fraction of sp³-hybridized carbons (Fsp3) is 0.444. The first-order chi connectivity index (χ1) is 13.1. The quantitative estimate of drug-likeness (QED) is 0.427. The fourth-order valence-electron chi connectivity index (χ4n) is 3.31. The highest BCUT2D eigenvalue weighted by Gasteiger charge is 2.50. The molecular weight excluding hydrogens is 366 g/mol. The van der Waals surface area contributed by atoms with Gasteiger partial charge in [-0.1, -0.05) is 0 Å². The van der Waals surface area contributed by atoms with Gasteiger partial charge in [0.15, 0.2) is 0 Å². The Bertz CT molecular complexity index is 904. The third-order valence-corrected chi connectivity index (χ3v) is 5.26. The second-order valence-electron chi connectivity index (χ2n) is 7.39. The average molecular weight is 385 g/mol. The predicted molar refractivity (Wildman–Crippen MR) is 95.6 cm³/mol. The van der Waals surface area contributed by atoms with Crippen LogP contribution in [0.5, 0.6) is 0 Å². The van der Waals surface area contributed by atoms with Crippen LogP contribution in [0.2, 0.25) is 0 Å². The van der Waals surface area contributed by atoms with Crippen LogP contribution in [-0.4, -0.2) is 39.8 Å². The molecule has 3 rings (SSSR count). The van der Waals surface area contributed by atoms with Crippen LogP contribution in [0.1, 0.15) is 32.3 Å². The zero-order valence-corrected chi connectivity index (χ0v) is 15.4. The van der Waals surface area contributed by atoms with Crippen LogP contribution in [0.25, 0.3) is 0 Å². The molecule has 1 aromatic rings. The molecule has 0 unspecified atom stereocenters. The SMILES string of the molecule is C[C@]1(c2ccc([N+](=O)[O-])cc2)NC(=O)N(CC(=O)N[C@@](C)(C#N)C2CC2)C1=O. The number of hydrogen-bond acceptors (Lipinski definition) is 6. The van der Waals surface area contributed by atoms with Gasteiger partial charge in [-0.05, 0) is 50.3 Å². The van der Waals surface area contributed by atoms with Gasteiger partial charge in [0.2, 0.25) is 5.91 Å². The van der Waals surface area contributed by atoms with Gasteiger partial charge in [-0.2, -0.15) is 5.26 Å². The molecule has 1 aromatic carbocycles. The Kier molecular flexibility index (Phi) is 4.54. The molecule has 10 nitrogen and oxygen atoms in total.